The second kappa shape index (κ2) is 8.34. The molecule has 2 fully saturated rings. The maximum absolute atomic E-state index is 12.9. The van der Waals surface area contributed by atoms with Gasteiger partial charge in [-0.1, -0.05) is 42.0 Å². The minimum atomic E-state index is -0.136. The van der Waals surface area contributed by atoms with Gasteiger partial charge in [0.25, 0.3) is 0 Å². The predicted molar refractivity (Wildman–Crippen MR) is 129 cm³/mol. The number of carbonyl (C=O) groups is 1. The highest BCUT2D eigenvalue weighted by atomic mass is 32.2. The third-order valence-electron chi connectivity index (χ3n) is 6.60. The van der Waals surface area contributed by atoms with E-state index >= 15 is 0 Å². The molecule has 0 bridgehead atoms. The molecule has 3 heterocycles. The van der Waals surface area contributed by atoms with E-state index in [2.05, 4.69) is 95.1 Å². The van der Waals surface area contributed by atoms with Crippen LogP contribution in [0.3, 0.4) is 0 Å². The van der Waals surface area contributed by atoms with Gasteiger partial charge in [-0.2, -0.15) is 0 Å². The summed E-state index contributed by atoms with van der Waals surface area (Å²) in [5.74, 6) is 0.130. The fourth-order valence-corrected chi connectivity index (χ4v) is 6.03. The number of hydrogen-bond acceptors (Lipinski definition) is 5. The number of anilines is 1. The van der Waals surface area contributed by atoms with Crippen LogP contribution in [0.25, 0.3) is 5.57 Å². The Morgan fingerprint density at radius 2 is 1.84 bits per heavy atom. The van der Waals surface area contributed by atoms with Crippen molar-refractivity contribution in [3.05, 3.63) is 70.6 Å². The summed E-state index contributed by atoms with van der Waals surface area (Å²) in [6, 6.07) is 17.7. The molecule has 0 aromatic heterocycles. The van der Waals surface area contributed by atoms with Crippen molar-refractivity contribution in [1.29, 1.82) is 0 Å². The molecule has 4 unspecified atom stereocenters. The number of rotatable bonds is 3. The molecule has 3 aliphatic heterocycles. The second-order valence-electron chi connectivity index (χ2n) is 8.93. The molecule has 6 heteroatoms. The summed E-state index contributed by atoms with van der Waals surface area (Å²) in [6.07, 6.45) is -0.136. The third kappa shape index (κ3) is 4.00. The molecule has 0 saturated carbocycles. The van der Waals surface area contributed by atoms with Gasteiger partial charge in [-0.05, 0) is 55.0 Å². The van der Waals surface area contributed by atoms with Gasteiger partial charge in [-0.25, -0.2) is 0 Å². The molecule has 1 amide bonds. The summed E-state index contributed by atoms with van der Waals surface area (Å²) in [4.78, 5) is 17.8. The number of fused-ring (bicyclic) bond motifs is 1. The van der Waals surface area contributed by atoms with E-state index in [-0.39, 0.29) is 23.5 Å². The Kier molecular flexibility index (Phi) is 5.54. The van der Waals surface area contributed by atoms with E-state index in [1.165, 1.54) is 28.0 Å². The smallest absolute Gasteiger partial charge is 0.237 e. The Morgan fingerprint density at radius 3 is 2.58 bits per heavy atom. The molecule has 0 radical (unpaired) electrons. The van der Waals surface area contributed by atoms with Crippen LogP contribution in [-0.4, -0.2) is 54.1 Å². The standard InChI is InChI=1S/C25H30N4OS/c1-16-7-9-19(10-8-16)21-15-31-23-22(21)26-25(27-24(23)30)28-11-12-29(18(3)14-28)20-6-4-5-17(2)13-20/h4-10,13,15,18,22-23,25-26H,11-12,14H2,1-3H3,(H,27,30). The highest BCUT2D eigenvalue weighted by molar-refractivity contribution is 8.04. The highest BCUT2D eigenvalue weighted by Crippen LogP contribution is 2.38. The average Bonchev–Trinajstić information content (AvgIpc) is 3.19. The monoisotopic (exact) mass is 434 g/mol. The Bertz CT molecular complexity index is 1000. The van der Waals surface area contributed by atoms with Crippen molar-refractivity contribution >= 4 is 28.9 Å². The fraction of sp³-hybridized carbons (Fsp3) is 0.400. The van der Waals surface area contributed by atoms with Crippen molar-refractivity contribution in [3.8, 4) is 0 Å². The van der Waals surface area contributed by atoms with Crippen molar-refractivity contribution in [2.45, 2.75) is 44.4 Å². The van der Waals surface area contributed by atoms with Crippen LogP contribution in [0, 0.1) is 13.8 Å². The van der Waals surface area contributed by atoms with E-state index in [0.717, 1.165) is 19.6 Å². The molecule has 31 heavy (non-hydrogen) atoms. The molecule has 5 nitrogen and oxygen atoms in total. The summed E-state index contributed by atoms with van der Waals surface area (Å²) >= 11 is 1.63. The van der Waals surface area contributed by atoms with Crippen LogP contribution in [0.2, 0.25) is 0 Å². The van der Waals surface area contributed by atoms with Crippen LogP contribution in [0.1, 0.15) is 23.6 Å². The highest BCUT2D eigenvalue weighted by Gasteiger charge is 2.44. The van der Waals surface area contributed by atoms with E-state index in [9.17, 15) is 4.79 Å². The lowest BCUT2D eigenvalue weighted by Gasteiger charge is -2.47. The van der Waals surface area contributed by atoms with Gasteiger partial charge in [-0.3, -0.25) is 15.0 Å². The first-order valence-electron chi connectivity index (χ1n) is 11.1. The van der Waals surface area contributed by atoms with Gasteiger partial charge < -0.3 is 10.2 Å². The largest absolute Gasteiger partial charge is 0.366 e. The zero-order chi connectivity index (χ0) is 21.5. The van der Waals surface area contributed by atoms with Gasteiger partial charge in [0.1, 0.15) is 11.5 Å². The second-order valence-corrected chi connectivity index (χ2v) is 9.94. The number of carbonyl (C=O) groups excluding carboxylic acids is 1. The van der Waals surface area contributed by atoms with Gasteiger partial charge >= 0.3 is 0 Å². The molecule has 2 N–H and O–H groups in total. The summed E-state index contributed by atoms with van der Waals surface area (Å²) < 4.78 is 0. The first kappa shape index (κ1) is 20.6. The molecule has 2 aromatic rings. The summed E-state index contributed by atoms with van der Waals surface area (Å²) in [6.45, 7) is 9.27. The predicted octanol–water partition coefficient (Wildman–Crippen LogP) is 3.34. The average molecular weight is 435 g/mol. The maximum Gasteiger partial charge on any atom is 0.237 e. The number of nitrogens with zero attached hydrogens (tertiary/aromatic N) is 2. The summed E-state index contributed by atoms with van der Waals surface area (Å²) in [5.41, 5.74) is 6.24. The zero-order valence-electron chi connectivity index (χ0n) is 18.3. The fourth-order valence-electron chi connectivity index (χ4n) is 4.88. The molecule has 3 aliphatic rings. The molecule has 0 aliphatic carbocycles. The van der Waals surface area contributed by atoms with Crippen molar-refractivity contribution in [2.75, 3.05) is 24.5 Å². The Morgan fingerprint density at radius 1 is 1.03 bits per heavy atom. The zero-order valence-corrected chi connectivity index (χ0v) is 19.2. The molecular weight excluding hydrogens is 404 g/mol. The van der Waals surface area contributed by atoms with Crippen LogP contribution in [0.15, 0.2) is 53.9 Å². The van der Waals surface area contributed by atoms with Gasteiger partial charge in [-0.15, -0.1) is 11.8 Å². The van der Waals surface area contributed by atoms with Crippen molar-refractivity contribution in [3.63, 3.8) is 0 Å². The number of amides is 1. The van der Waals surface area contributed by atoms with Gasteiger partial charge in [0.05, 0.1) is 6.04 Å². The lowest BCUT2D eigenvalue weighted by Crippen LogP contribution is -2.70. The van der Waals surface area contributed by atoms with Crippen molar-refractivity contribution in [2.24, 2.45) is 0 Å². The van der Waals surface area contributed by atoms with Gasteiger partial charge in [0.15, 0.2) is 0 Å². The topological polar surface area (TPSA) is 47.6 Å². The lowest BCUT2D eigenvalue weighted by molar-refractivity contribution is -0.125. The van der Waals surface area contributed by atoms with E-state index in [0.29, 0.717) is 6.04 Å². The maximum atomic E-state index is 12.9. The third-order valence-corrected chi connectivity index (χ3v) is 7.77. The van der Waals surface area contributed by atoms with E-state index in [1.54, 1.807) is 11.8 Å². The first-order valence-corrected chi connectivity index (χ1v) is 12.0. The Labute approximate surface area is 188 Å². The molecular formula is C25H30N4OS. The Balaban J connectivity index is 1.30. The normalized spacial score (nSPS) is 28.8. The number of piperazine rings is 1. The number of aryl methyl sites for hydroxylation is 2. The van der Waals surface area contributed by atoms with E-state index < -0.39 is 0 Å². The molecule has 2 aromatic carbocycles. The van der Waals surface area contributed by atoms with Gasteiger partial charge in [0.2, 0.25) is 5.91 Å². The van der Waals surface area contributed by atoms with E-state index in [1.807, 2.05) is 0 Å². The van der Waals surface area contributed by atoms with Crippen LogP contribution in [0.4, 0.5) is 5.69 Å². The minimum Gasteiger partial charge on any atom is -0.366 e. The number of nitrogens with one attached hydrogen (secondary N) is 2. The van der Waals surface area contributed by atoms with Crippen LogP contribution < -0.4 is 15.5 Å². The van der Waals surface area contributed by atoms with Crippen LogP contribution in [-0.2, 0) is 4.79 Å². The molecule has 162 valence electrons. The SMILES string of the molecule is Cc1ccc(C2=CSC3C(=O)NC(N4CCN(c5cccc(C)c5)C(C)C4)NC23)cc1. The molecule has 0 spiro atoms. The van der Waals surface area contributed by atoms with Gasteiger partial charge in [0, 0.05) is 31.4 Å². The van der Waals surface area contributed by atoms with Crippen molar-refractivity contribution in [1.82, 2.24) is 15.5 Å². The first-order chi connectivity index (χ1) is 15.0. The van der Waals surface area contributed by atoms with Crippen molar-refractivity contribution < 1.29 is 4.79 Å². The molecule has 2 saturated heterocycles. The Hall–Kier alpha value is -2.28. The van der Waals surface area contributed by atoms with E-state index in [4.69, 9.17) is 0 Å². The van der Waals surface area contributed by atoms with Crippen LogP contribution in [0.5, 0.6) is 0 Å². The number of benzene rings is 2. The van der Waals surface area contributed by atoms with Crippen LogP contribution >= 0.6 is 11.8 Å². The number of thioether (sulfide) groups is 1. The molecule has 5 rings (SSSR count). The lowest BCUT2D eigenvalue weighted by atomic mass is 9.95. The number of hydrogen-bond donors (Lipinski definition) is 2. The summed E-state index contributed by atoms with van der Waals surface area (Å²) in [7, 11) is 0. The summed E-state index contributed by atoms with van der Waals surface area (Å²) in [5, 5.41) is 9.04. The quantitative estimate of drug-likeness (QED) is 0.776. The molecule has 4 atom stereocenters. The minimum absolute atomic E-state index is 0.0385.